The Hall–Kier alpha value is -0.820. The fourth-order valence-electron chi connectivity index (χ4n) is 2.20. The van der Waals surface area contributed by atoms with Crippen LogP contribution in [0.25, 0.3) is 0 Å². The van der Waals surface area contributed by atoms with Gasteiger partial charge in [0.05, 0.1) is 0 Å². The van der Waals surface area contributed by atoms with E-state index in [0.29, 0.717) is 12.0 Å². The van der Waals surface area contributed by atoms with Gasteiger partial charge >= 0.3 is 0 Å². The van der Waals surface area contributed by atoms with Gasteiger partial charge in [0.25, 0.3) is 0 Å². The van der Waals surface area contributed by atoms with Crippen molar-refractivity contribution < 1.29 is 1.43 Å². The molecule has 1 aliphatic carbocycles. The molecule has 120 valence electrons. The van der Waals surface area contributed by atoms with Gasteiger partial charge in [-0.05, 0) is 32.1 Å². The quantitative estimate of drug-likeness (QED) is 0.527. The van der Waals surface area contributed by atoms with Crippen molar-refractivity contribution in [3.05, 3.63) is 36.5 Å². The molecule has 0 saturated heterocycles. The second kappa shape index (κ2) is 14.6. The summed E-state index contributed by atoms with van der Waals surface area (Å²) in [5.74, 6) is 0.674. The Morgan fingerprint density at radius 3 is 2.70 bits per heavy atom. The van der Waals surface area contributed by atoms with Crippen molar-refractivity contribution in [2.75, 3.05) is 6.54 Å². The molecule has 2 atom stereocenters. The number of rotatable bonds is 8. The van der Waals surface area contributed by atoms with Crippen molar-refractivity contribution in [1.82, 2.24) is 5.32 Å². The number of hydrogen-bond acceptors (Lipinski definition) is 1. The Kier molecular flexibility index (Phi) is 15.7. The third kappa shape index (κ3) is 10.0. The van der Waals surface area contributed by atoms with Gasteiger partial charge in [0.1, 0.15) is 0 Å². The van der Waals surface area contributed by atoms with Crippen LogP contribution in [-0.2, 0) is 0 Å². The maximum Gasteiger partial charge on any atom is 0.0102 e. The van der Waals surface area contributed by atoms with Gasteiger partial charge in [-0.3, -0.25) is 0 Å². The lowest BCUT2D eigenvalue weighted by Gasteiger charge is -2.21. The Morgan fingerprint density at radius 1 is 1.50 bits per heavy atom. The zero-order chi connectivity index (χ0) is 14.5. The van der Waals surface area contributed by atoms with Crippen molar-refractivity contribution in [1.29, 1.82) is 0 Å². The maximum atomic E-state index is 3.85. The summed E-state index contributed by atoms with van der Waals surface area (Å²) in [5, 5.41) is 3.69. The van der Waals surface area contributed by atoms with Crippen molar-refractivity contribution in [2.24, 2.45) is 5.92 Å². The molecular formula is C19H39N. The molecule has 0 saturated carbocycles. The average Bonchev–Trinajstić information content (AvgIpc) is 2.46. The van der Waals surface area contributed by atoms with Gasteiger partial charge < -0.3 is 5.32 Å². The van der Waals surface area contributed by atoms with Gasteiger partial charge in [0.2, 0.25) is 0 Å². The van der Waals surface area contributed by atoms with E-state index < -0.39 is 0 Å². The van der Waals surface area contributed by atoms with Crippen molar-refractivity contribution in [3.63, 3.8) is 0 Å². The highest BCUT2D eigenvalue weighted by Crippen LogP contribution is 2.16. The molecule has 1 heteroatoms. The van der Waals surface area contributed by atoms with E-state index in [4.69, 9.17) is 0 Å². The fraction of sp³-hybridized carbons (Fsp3) is 0.684. The third-order valence-corrected chi connectivity index (χ3v) is 3.40. The highest BCUT2D eigenvalue weighted by atomic mass is 14.9. The minimum absolute atomic E-state index is 0. The molecule has 0 fully saturated rings. The van der Waals surface area contributed by atoms with E-state index in [1.165, 1.54) is 31.3 Å². The SMILES string of the molecule is C.C=CCC(CCCC)NC[C@H]1C=CC(C)=CC1.CC.[HH]. The van der Waals surface area contributed by atoms with E-state index in [2.05, 4.69) is 44.0 Å². The normalized spacial score (nSPS) is 18.2. The molecule has 0 spiro atoms. The smallest absolute Gasteiger partial charge is 0.0102 e. The van der Waals surface area contributed by atoms with E-state index in [0.717, 1.165) is 13.0 Å². The van der Waals surface area contributed by atoms with Crippen LogP contribution in [0.15, 0.2) is 36.5 Å². The monoisotopic (exact) mass is 281 g/mol. The van der Waals surface area contributed by atoms with Crippen LogP contribution in [-0.4, -0.2) is 12.6 Å². The zero-order valence-electron chi connectivity index (χ0n) is 13.4. The second-order valence-corrected chi connectivity index (χ2v) is 5.07. The van der Waals surface area contributed by atoms with Crippen LogP contribution < -0.4 is 5.32 Å². The summed E-state index contributed by atoms with van der Waals surface area (Å²) < 4.78 is 0. The Morgan fingerprint density at radius 2 is 2.20 bits per heavy atom. The molecule has 0 bridgehead atoms. The molecule has 0 amide bonds. The van der Waals surface area contributed by atoms with Gasteiger partial charge in [-0.15, -0.1) is 6.58 Å². The largest absolute Gasteiger partial charge is 0.313 e. The first kappa shape index (κ1) is 21.5. The molecule has 1 rings (SSSR count). The van der Waals surface area contributed by atoms with Gasteiger partial charge in [-0.2, -0.15) is 0 Å². The van der Waals surface area contributed by atoms with Crippen LogP contribution >= 0.6 is 0 Å². The summed E-state index contributed by atoms with van der Waals surface area (Å²) >= 11 is 0. The fourth-order valence-corrected chi connectivity index (χ4v) is 2.20. The lowest BCUT2D eigenvalue weighted by Crippen LogP contribution is -2.32. The van der Waals surface area contributed by atoms with Crippen LogP contribution in [0.5, 0.6) is 0 Å². The van der Waals surface area contributed by atoms with E-state index >= 15 is 0 Å². The van der Waals surface area contributed by atoms with Crippen LogP contribution in [0, 0.1) is 5.92 Å². The van der Waals surface area contributed by atoms with Gasteiger partial charge in [0, 0.05) is 14.0 Å². The summed E-state index contributed by atoms with van der Waals surface area (Å²) in [6, 6.07) is 0.618. The molecule has 1 N–H and O–H groups in total. The lowest BCUT2D eigenvalue weighted by atomic mass is 9.96. The minimum atomic E-state index is 0. The van der Waals surface area contributed by atoms with E-state index in [1.54, 1.807) is 0 Å². The molecule has 0 radical (unpaired) electrons. The summed E-state index contributed by atoms with van der Waals surface area (Å²) in [6.07, 6.45) is 15.1. The first-order valence-electron chi connectivity index (χ1n) is 7.95. The first-order valence-corrected chi connectivity index (χ1v) is 7.95. The predicted molar refractivity (Wildman–Crippen MR) is 97.3 cm³/mol. The summed E-state index contributed by atoms with van der Waals surface area (Å²) in [4.78, 5) is 0. The molecule has 1 unspecified atom stereocenters. The van der Waals surface area contributed by atoms with Crippen molar-refractivity contribution >= 4 is 0 Å². The molecule has 0 aliphatic heterocycles. The van der Waals surface area contributed by atoms with Crippen LogP contribution in [0.4, 0.5) is 0 Å². The number of unbranched alkanes of at least 4 members (excludes halogenated alkanes) is 1. The highest BCUT2D eigenvalue weighted by molar-refractivity contribution is 5.21. The van der Waals surface area contributed by atoms with Crippen molar-refractivity contribution in [3.8, 4) is 0 Å². The third-order valence-electron chi connectivity index (χ3n) is 3.40. The summed E-state index contributed by atoms with van der Waals surface area (Å²) in [5.41, 5.74) is 1.40. The minimum Gasteiger partial charge on any atom is -0.313 e. The number of allylic oxidation sites excluding steroid dienone is 3. The summed E-state index contributed by atoms with van der Waals surface area (Å²) in [7, 11) is 0. The molecule has 20 heavy (non-hydrogen) atoms. The van der Waals surface area contributed by atoms with Gasteiger partial charge in [-0.1, -0.05) is 70.9 Å². The molecule has 1 aliphatic rings. The summed E-state index contributed by atoms with van der Waals surface area (Å²) in [6.45, 7) is 13.4. The van der Waals surface area contributed by atoms with Gasteiger partial charge in [0.15, 0.2) is 0 Å². The topological polar surface area (TPSA) is 12.0 Å². The molecule has 0 aromatic rings. The van der Waals surface area contributed by atoms with E-state index in [9.17, 15) is 0 Å². The van der Waals surface area contributed by atoms with Crippen molar-refractivity contribution in [2.45, 2.75) is 73.3 Å². The van der Waals surface area contributed by atoms with Gasteiger partial charge in [-0.25, -0.2) is 0 Å². The number of nitrogens with one attached hydrogen (secondary N) is 1. The van der Waals surface area contributed by atoms with E-state index in [-0.39, 0.29) is 8.85 Å². The van der Waals surface area contributed by atoms with Crippen LogP contribution in [0.1, 0.15) is 68.7 Å². The van der Waals surface area contributed by atoms with Crippen LogP contribution in [0.3, 0.4) is 0 Å². The standard InChI is InChI=1S/C16H27N.C2H6.CH4.H2/c1-4-6-8-16(7-5-2)17-13-15-11-9-14(3)10-12-15;1-2;;/h5,9-11,15-17H,2,4,6-8,12-13H2,1,3H3;1-2H3;1H4;1H/t15-,16?;;;/m0.../s1. The Balaban J connectivity index is -0.000000774. The highest BCUT2D eigenvalue weighted by Gasteiger charge is 2.10. The number of hydrogen-bond donors (Lipinski definition) is 1. The maximum absolute atomic E-state index is 3.85. The molecular weight excluding hydrogens is 242 g/mol. The van der Waals surface area contributed by atoms with E-state index in [1.807, 2.05) is 19.9 Å². The average molecular weight is 282 g/mol. The zero-order valence-corrected chi connectivity index (χ0v) is 13.4. The Labute approximate surface area is 129 Å². The molecule has 0 aromatic carbocycles. The van der Waals surface area contributed by atoms with Crippen LogP contribution in [0.2, 0.25) is 0 Å². The predicted octanol–water partition coefficient (Wildman–Crippen LogP) is 6.14. The molecule has 0 aromatic heterocycles. The second-order valence-electron chi connectivity index (χ2n) is 5.07. The first-order chi connectivity index (χ1) is 9.26. The lowest BCUT2D eigenvalue weighted by molar-refractivity contribution is 0.436. The molecule has 1 nitrogen and oxygen atoms in total. The molecule has 0 heterocycles. The Bertz CT molecular complexity index is 281.